The predicted octanol–water partition coefficient (Wildman–Crippen LogP) is 6.63. The van der Waals surface area contributed by atoms with Gasteiger partial charge in [0, 0.05) is 30.0 Å². The van der Waals surface area contributed by atoms with E-state index in [1.165, 1.54) is 11.1 Å². The SMILES string of the molecule is Cc1cc(N2CCC(c3cccc(C(=O)Nc4cccc(C(C)(C)C)c4)c3)CC2)ccc1C(=O)O. The summed E-state index contributed by atoms with van der Waals surface area (Å²) in [4.78, 5) is 26.6. The maximum atomic E-state index is 13.0. The van der Waals surface area contributed by atoms with Crippen LogP contribution in [-0.2, 0) is 5.41 Å². The molecule has 3 aromatic carbocycles. The molecule has 0 aliphatic carbocycles. The van der Waals surface area contributed by atoms with Crippen molar-refractivity contribution in [2.45, 2.75) is 51.9 Å². The summed E-state index contributed by atoms with van der Waals surface area (Å²) in [6.45, 7) is 10.1. The Balaban J connectivity index is 1.41. The summed E-state index contributed by atoms with van der Waals surface area (Å²) in [5.41, 5.74) is 6.08. The molecule has 1 aliphatic rings. The van der Waals surface area contributed by atoms with Gasteiger partial charge in [-0.2, -0.15) is 0 Å². The smallest absolute Gasteiger partial charge is 0.335 e. The summed E-state index contributed by atoms with van der Waals surface area (Å²) in [6, 6.07) is 21.6. The fourth-order valence-electron chi connectivity index (χ4n) is 4.76. The van der Waals surface area contributed by atoms with E-state index in [-0.39, 0.29) is 11.3 Å². The molecule has 0 unspecified atom stereocenters. The summed E-state index contributed by atoms with van der Waals surface area (Å²) < 4.78 is 0. The Bertz CT molecular complexity index is 1230. The molecule has 0 spiro atoms. The molecule has 0 bridgehead atoms. The fourth-order valence-corrected chi connectivity index (χ4v) is 4.76. The third kappa shape index (κ3) is 5.73. The van der Waals surface area contributed by atoms with Crippen molar-refractivity contribution in [2.24, 2.45) is 0 Å². The van der Waals surface area contributed by atoms with Gasteiger partial charge in [-0.05, 0) is 90.3 Å². The molecule has 3 aromatic rings. The molecule has 0 saturated carbocycles. The first-order chi connectivity index (χ1) is 16.6. The molecular formula is C30H34N2O3. The minimum atomic E-state index is -0.890. The lowest BCUT2D eigenvalue weighted by molar-refractivity contribution is 0.0696. The van der Waals surface area contributed by atoms with Crippen molar-refractivity contribution in [3.8, 4) is 0 Å². The van der Waals surface area contributed by atoms with Crippen LogP contribution in [0.3, 0.4) is 0 Å². The highest BCUT2D eigenvalue weighted by atomic mass is 16.4. The maximum absolute atomic E-state index is 13.0. The molecule has 4 rings (SSSR count). The number of carboxylic acids is 1. The van der Waals surface area contributed by atoms with Crippen LogP contribution in [0.2, 0.25) is 0 Å². The van der Waals surface area contributed by atoms with Gasteiger partial charge >= 0.3 is 5.97 Å². The first-order valence-corrected chi connectivity index (χ1v) is 12.2. The monoisotopic (exact) mass is 470 g/mol. The van der Waals surface area contributed by atoms with E-state index >= 15 is 0 Å². The summed E-state index contributed by atoms with van der Waals surface area (Å²) in [5.74, 6) is -0.592. The second-order valence-electron chi connectivity index (χ2n) is 10.5. The zero-order chi connectivity index (χ0) is 25.2. The summed E-state index contributed by atoms with van der Waals surface area (Å²) in [7, 11) is 0. The van der Waals surface area contributed by atoms with Crippen molar-refractivity contribution in [1.82, 2.24) is 0 Å². The highest BCUT2D eigenvalue weighted by molar-refractivity contribution is 6.04. The van der Waals surface area contributed by atoms with Crippen LogP contribution in [0, 0.1) is 6.92 Å². The van der Waals surface area contributed by atoms with Gasteiger partial charge in [0.25, 0.3) is 5.91 Å². The predicted molar refractivity (Wildman–Crippen MR) is 142 cm³/mol. The number of aryl methyl sites for hydroxylation is 1. The zero-order valence-electron chi connectivity index (χ0n) is 21.0. The number of carbonyl (C=O) groups is 2. The number of nitrogens with zero attached hydrogens (tertiary/aromatic N) is 1. The largest absolute Gasteiger partial charge is 0.478 e. The molecular weight excluding hydrogens is 436 g/mol. The van der Waals surface area contributed by atoms with Crippen LogP contribution >= 0.6 is 0 Å². The lowest BCUT2D eigenvalue weighted by Crippen LogP contribution is -2.33. The van der Waals surface area contributed by atoms with Crippen LogP contribution in [0.25, 0.3) is 0 Å². The molecule has 1 amide bonds. The second kappa shape index (κ2) is 9.95. The molecule has 35 heavy (non-hydrogen) atoms. The average molecular weight is 471 g/mol. The van der Waals surface area contributed by atoms with Crippen molar-refractivity contribution in [1.29, 1.82) is 0 Å². The number of carbonyl (C=O) groups excluding carboxylic acids is 1. The normalized spacial score (nSPS) is 14.6. The molecule has 5 heteroatoms. The van der Waals surface area contributed by atoms with Gasteiger partial charge in [0.2, 0.25) is 0 Å². The van der Waals surface area contributed by atoms with Gasteiger partial charge in [0.15, 0.2) is 0 Å². The van der Waals surface area contributed by atoms with Gasteiger partial charge in [-0.3, -0.25) is 4.79 Å². The quantitative estimate of drug-likeness (QED) is 0.439. The van der Waals surface area contributed by atoms with E-state index in [1.54, 1.807) is 6.07 Å². The van der Waals surface area contributed by atoms with Crippen LogP contribution < -0.4 is 10.2 Å². The number of hydrogen-bond donors (Lipinski definition) is 2. The number of rotatable bonds is 5. The van der Waals surface area contributed by atoms with Gasteiger partial charge in [0.1, 0.15) is 0 Å². The van der Waals surface area contributed by atoms with E-state index in [1.807, 2.05) is 55.5 Å². The highest BCUT2D eigenvalue weighted by Gasteiger charge is 2.22. The molecule has 1 fully saturated rings. The highest BCUT2D eigenvalue weighted by Crippen LogP contribution is 2.32. The molecule has 2 N–H and O–H groups in total. The number of piperidine rings is 1. The zero-order valence-corrected chi connectivity index (χ0v) is 21.0. The van der Waals surface area contributed by atoms with Gasteiger partial charge in [-0.25, -0.2) is 4.79 Å². The van der Waals surface area contributed by atoms with E-state index in [2.05, 4.69) is 43.1 Å². The van der Waals surface area contributed by atoms with Gasteiger partial charge in [-0.1, -0.05) is 45.0 Å². The minimum Gasteiger partial charge on any atom is -0.478 e. The molecule has 182 valence electrons. The number of anilines is 2. The Hall–Kier alpha value is -3.60. The molecule has 0 atom stereocenters. The van der Waals surface area contributed by atoms with Crippen LogP contribution in [-0.4, -0.2) is 30.1 Å². The number of hydrogen-bond acceptors (Lipinski definition) is 3. The Morgan fingerprint density at radius 3 is 2.31 bits per heavy atom. The number of carboxylic acid groups (broad SMARTS) is 1. The first-order valence-electron chi connectivity index (χ1n) is 12.2. The average Bonchev–Trinajstić information content (AvgIpc) is 2.83. The van der Waals surface area contributed by atoms with Crippen molar-refractivity contribution >= 4 is 23.3 Å². The molecule has 0 aromatic heterocycles. The summed E-state index contributed by atoms with van der Waals surface area (Å²) >= 11 is 0. The van der Waals surface area contributed by atoms with E-state index in [4.69, 9.17) is 0 Å². The van der Waals surface area contributed by atoms with E-state index < -0.39 is 5.97 Å². The minimum absolute atomic E-state index is 0.0204. The lowest BCUT2D eigenvalue weighted by atomic mass is 9.87. The maximum Gasteiger partial charge on any atom is 0.335 e. The second-order valence-corrected chi connectivity index (χ2v) is 10.5. The Kier molecular flexibility index (Phi) is 6.97. The first kappa shape index (κ1) is 24.5. The number of aromatic carboxylic acids is 1. The molecule has 1 saturated heterocycles. The Labute approximate surface area is 207 Å². The van der Waals surface area contributed by atoms with Crippen molar-refractivity contribution in [3.63, 3.8) is 0 Å². The molecule has 0 radical (unpaired) electrons. The van der Waals surface area contributed by atoms with Gasteiger partial charge < -0.3 is 15.3 Å². The number of amides is 1. The van der Waals surface area contributed by atoms with Crippen molar-refractivity contribution < 1.29 is 14.7 Å². The van der Waals surface area contributed by atoms with E-state index in [0.29, 0.717) is 17.0 Å². The Morgan fingerprint density at radius 1 is 0.943 bits per heavy atom. The van der Waals surface area contributed by atoms with Crippen LogP contribution in [0.5, 0.6) is 0 Å². The third-order valence-corrected chi connectivity index (χ3v) is 6.91. The van der Waals surface area contributed by atoms with Gasteiger partial charge in [0.05, 0.1) is 5.56 Å². The van der Waals surface area contributed by atoms with Crippen molar-refractivity contribution in [2.75, 3.05) is 23.3 Å². The van der Waals surface area contributed by atoms with E-state index in [9.17, 15) is 14.7 Å². The molecule has 5 nitrogen and oxygen atoms in total. The molecule has 1 aliphatic heterocycles. The Morgan fingerprint density at radius 2 is 1.66 bits per heavy atom. The van der Waals surface area contributed by atoms with E-state index in [0.717, 1.165) is 42.9 Å². The molecule has 1 heterocycles. The van der Waals surface area contributed by atoms with Crippen LogP contribution in [0.15, 0.2) is 66.7 Å². The number of benzene rings is 3. The standard InChI is InChI=1S/C30H34N2O3/c1-20-17-26(11-12-27(20)29(34)35)32-15-13-21(14-16-32)22-7-5-8-23(18-22)28(33)31-25-10-6-9-24(19-25)30(2,3)4/h5-12,17-19,21H,13-16H2,1-4H3,(H,31,33)(H,34,35). The summed E-state index contributed by atoms with van der Waals surface area (Å²) in [6.07, 6.45) is 1.97. The van der Waals surface area contributed by atoms with Crippen molar-refractivity contribution in [3.05, 3.63) is 94.5 Å². The summed E-state index contributed by atoms with van der Waals surface area (Å²) in [5, 5.41) is 12.3. The van der Waals surface area contributed by atoms with Crippen LogP contribution in [0.4, 0.5) is 11.4 Å². The topological polar surface area (TPSA) is 69.6 Å². The number of nitrogens with one attached hydrogen (secondary N) is 1. The lowest BCUT2D eigenvalue weighted by Gasteiger charge is -2.34. The van der Waals surface area contributed by atoms with Crippen LogP contribution in [0.1, 0.15) is 76.9 Å². The fraction of sp³-hybridized carbons (Fsp3) is 0.333. The van der Waals surface area contributed by atoms with Gasteiger partial charge in [-0.15, -0.1) is 0 Å². The third-order valence-electron chi connectivity index (χ3n) is 6.91.